The molecule has 0 aliphatic rings. The van der Waals surface area contributed by atoms with Crippen molar-refractivity contribution in [1.82, 2.24) is 4.90 Å². The Bertz CT molecular complexity index is 426. The van der Waals surface area contributed by atoms with Crippen LogP contribution in [0.1, 0.15) is 36.4 Å². The molecule has 0 spiro atoms. The molecule has 1 amide bonds. The van der Waals surface area contributed by atoms with Crippen LogP contribution in [0, 0.1) is 0 Å². The van der Waals surface area contributed by atoms with Crippen molar-refractivity contribution in [3.8, 4) is 0 Å². The quantitative estimate of drug-likeness (QED) is 0.347. The molecule has 0 saturated heterocycles. The van der Waals surface area contributed by atoms with Crippen LogP contribution in [0.2, 0.25) is 0 Å². The molecule has 6 nitrogen and oxygen atoms in total. The molecule has 0 unspecified atom stereocenters. The largest absolute Gasteiger partial charge is 0.469 e. The zero-order valence-corrected chi connectivity index (χ0v) is 10.7. The van der Waals surface area contributed by atoms with E-state index in [0.717, 1.165) is 6.42 Å². The minimum absolute atomic E-state index is 0.0124. The van der Waals surface area contributed by atoms with Gasteiger partial charge in [0, 0.05) is 13.0 Å². The van der Waals surface area contributed by atoms with Gasteiger partial charge in [-0.15, -0.1) is 0 Å². The van der Waals surface area contributed by atoms with Crippen LogP contribution in [0.4, 0.5) is 0 Å². The second kappa shape index (κ2) is 6.68. The van der Waals surface area contributed by atoms with Crippen molar-refractivity contribution in [2.45, 2.75) is 26.7 Å². The molecule has 0 aromatic carbocycles. The van der Waals surface area contributed by atoms with Crippen LogP contribution in [0.15, 0.2) is 21.9 Å². The topological polar surface area (TPSA) is 92.1 Å². The molecule has 0 atom stereocenters. The first-order valence-electron chi connectivity index (χ1n) is 5.96. The molecule has 1 heterocycles. The standard InChI is InChI=1S/C12H19N3O3/c1-3-6-15(8-11(13)14-17)12(16)9-5-7-18-10(9)4-2/h5,7,17H,3-4,6,8H2,1-2H3,(H2,13,14). The van der Waals surface area contributed by atoms with Crippen molar-refractivity contribution in [1.29, 1.82) is 0 Å². The lowest BCUT2D eigenvalue weighted by atomic mass is 10.2. The number of rotatable bonds is 6. The maximum Gasteiger partial charge on any atom is 0.257 e. The van der Waals surface area contributed by atoms with Gasteiger partial charge in [-0.1, -0.05) is 19.0 Å². The highest BCUT2D eigenvalue weighted by Gasteiger charge is 2.20. The predicted octanol–water partition coefficient (Wildman–Crippen LogP) is 1.44. The van der Waals surface area contributed by atoms with E-state index >= 15 is 0 Å². The Morgan fingerprint density at radius 1 is 1.56 bits per heavy atom. The molecule has 1 aromatic heterocycles. The van der Waals surface area contributed by atoms with Crippen LogP contribution in [-0.2, 0) is 6.42 Å². The first-order valence-corrected chi connectivity index (χ1v) is 5.96. The van der Waals surface area contributed by atoms with Crippen molar-refractivity contribution in [2.24, 2.45) is 10.9 Å². The fourth-order valence-corrected chi connectivity index (χ4v) is 1.72. The molecule has 3 N–H and O–H groups in total. The fourth-order valence-electron chi connectivity index (χ4n) is 1.72. The normalized spacial score (nSPS) is 11.6. The lowest BCUT2D eigenvalue weighted by Gasteiger charge is -2.21. The molecule has 0 radical (unpaired) electrons. The minimum atomic E-state index is -0.158. The summed E-state index contributed by atoms with van der Waals surface area (Å²) in [7, 11) is 0. The maximum atomic E-state index is 12.3. The van der Waals surface area contributed by atoms with Gasteiger partial charge in [0.25, 0.3) is 5.91 Å². The smallest absolute Gasteiger partial charge is 0.257 e. The third-order valence-electron chi connectivity index (χ3n) is 2.56. The summed E-state index contributed by atoms with van der Waals surface area (Å²) >= 11 is 0. The highest BCUT2D eigenvalue weighted by Crippen LogP contribution is 2.14. The third kappa shape index (κ3) is 3.26. The monoisotopic (exact) mass is 253 g/mol. The molecule has 1 rings (SSSR count). The number of carbonyl (C=O) groups is 1. The van der Waals surface area contributed by atoms with Crippen LogP contribution in [0.25, 0.3) is 0 Å². The van der Waals surface area contributed by atoms with Crippen LogP contribution < -0.4 is 5.73 Å². The number of aryl methyl sites for hydroxylation is 1. The van der Waals surface area contributed by atoms with Crippen LogP contribution in [0.5, 0.6) is 0 Å². The second-order valence-corrected chi connectivity index (χ2v) is 3.93. The fraction of sp³-hybridized carbons (Fsp3) is 0.500. The summed E-state index contributed by atoms with van der Waals surface area (Å²) in [5, 5.41) is 11.5. The summed E-state index contributed by atoms with van der Waals surface area (Å²) in [6, 6.07) is 1.65. The lowest BCUT2D eigenvalue weighted by Crippen LogP contribution is -2.39. The highest BCUT2D eigenvalue weighted by molar-refractivity contribution is 5.97. The average Bonchev–Trinajstić information content (AvgIpc) is 2.85. The second-order valence-electron chi connectivity index (χ2n) is 3.93. The van der Waals surface area contributed by atoms with E-state index in [4.69, 9.17) is 15.4 Å². The van der Waals surface area contributed by atoms with Crippen molar-refractivity contribution >= 4 is 11.7 Å². The van der Waals surface area contributed by atoms with E-state index in [1.54, 1.807) is 11.0 Å². The molecule has 18 heavy (non-hydrogen) atoms. The van der Waals surface area contributed by atoms with Gasteiger partial charge in [0.1, 0.15) is 5.76 Å². The summed E-state index contributed by atoms with van der Waals surface area (Å²) in [5.74, 6) is 0.507. The average molecular weight is 253 g/mol. The van der Waals surface area contributed by atoms with Crippen molar-refractivity contribution in [3.63, 3.8) is 0 Å². The number of furan rings is 1. The van der Waals surface area contributed by atoms with E-state index in [1.165, 1.54) is 6.26 Å². The Morgan fingerprint density at radius 2 is 2.28 bits per heavy atom. The number of hydrogen-bond donors (Lipinski definition) is 2. The van der Waals surface area contributed by atoms with Gasteiger partial charge in [-0.05, 0) is 12.5 Å². The molecule has 0 fully saturated rings. The Balaban J connectivity index is 2.88. The van der Waals surface area contributed by atoms with Gasteiger partial charge in [0.2, 0.25) is 0 Å². The lowest BCUT2D eigenvalue weighted by molar-refractivity contribution is 0.0776. The number of carbonyl (C=O) groups excluding carboxylic acids is 1. The third-order valence-corrected chi connectivity index (χ3v) is 2.56. The molecule has 0 aliphatic heterocycles. The van der Waals surface area contributed by atoms with Crippen molar-refractivity contribution < 1.29 is 14.4 Å². The van der Waals surface area contributed by atoms with Crippen LogP contribution >= 0.6 is 0 Å². The summed E-state index contributed by atoms with van der Waals surface area (Å²) in [5.41, 5.74) is 5.99. The maximum absolute atomic E-state index is 12.3. The van der Waals surface area contributed by atoms with Crippen LogP contribution in [0.3, 0.4) is 0 Å². The molecular weight excluding hydrogens is 234 g/mol. The summed E-state index contributed by atoms with van der Waals surface area (Å²) in [6.07, 6.45) is 2.95. The number of nitrogens with two attached hydrogens (primary N) is 1. The molecule has 1 aromatic rings. The summed E-state index contributed by atoms with van der Waals surface area (Å²) < 4.78 is 5.24. The SMILES string of the molecule is CCCN(C/C(N)=N/O)C(=O)c1ccoc1CC. The predicted molar refractivity (Wildman–Crippen MR) is 67.7 cm³/mol. The summed E-state index contributed by atoms with van der Waals surface area (Å²) in [4.78, 5) is 13.8. The van der Waals surface area contributed by atoms with Crippen LogP contribution in [-0.4, -0.2) is 34.9 Å². The molecule has 0 saturated carbocycles. The number of hydrogen-bond acceptors (Lipinski definition) is 4. The van der Waals surface area contributed by atoms with E-state index < -0.39 is 0 Å². The van der Waals surface area contributed by atoms with Crippen molar-refractivity contribution in [3.05, 3.63) is 23.7 Å². The van der Waals surface area contributed by atoms with E-state index in [2.05, 4.69) is 5.16 Å². The Labute approximate surface area is 106 Å². The first-order chi connectivity index (χ1) is 8.63. The molecule has 0 bridgehead atoms. The molecule has 100 valence electrons. The minimum Gasteiger partial charge on any atom is -0.469 e. The van der Waals surface area contributed by atoms with Crippen molar-refractivity contribution in [2.75, 3.05) is 13.1 Å². The van der Waals surface area contributed by atoms with Gasteiger partial charge in [0.15, 0.2) is 5.84 Å². The first kappa shape index (κ1) is 14.1. The van der Waals surface area contributed by atoms with Gasteiger partial charge in [-0.25, -0.2) is 0 Å². The van der Waals surface area contributed by atoms with Gasteiger partial charge in [-0.2, -0.15) is 0 Å². The highest BCUT2D eigenvalue weighted by atomic mass is 16.4. The number of amidine groups is 1. The molecule has 0 aliphatic carbocycles. The Hall–Kier alpha value is -1.98. The van der Waals surface area contributed by atoms with Gasteiger partial charge < -0.3 is 20.3 Å². The number of oxime groups is 1. The zero-order valence-electron chi connectivity index (χ0n) is 10.7. The van der Waals surface area contributed by atoms with E-state index in [-0.39, 0.29) is 18.3 Å². The Morgan fingerprint density at radius 3 is 2.83 bits per heavy atom. The van der Waals surface area contributed by atoms with Gasteiger partial charge in [0.05, 0.1) is 18.4 Å². The molecule has 6 heteroatoms. The number of nitrogens with zero attached hydrogens (tertiary/aromatic N) is 2. The Kier molecular flexibility index (Phi) is 5.23. The van der Waals surface area contributed by atoms with Gasteiger partial charge >= 0.3 is 0 Å². The number of amides is 1. The zero-order chi connectivity index (χ0) is 13.5. The van der Waals surface area contributed by atoms with E-state index in [9.17, 15) is 4.79 Å². The van der Waals surface area contributed by atoms with E-state index in [0.29, 0.717) is 24.3 Å². The van der Waals surface area contributed by atoms with E-state index in [1.807, 2.05) is 13.8 Å². The summed E-state index contributed by atoms with van der Waals surface area (Å²) in [6.45, 7) is 4.53. The molecular formula is C12H19N3O3. The van der Waals surface area contributed by atoms with Gasteiger partial charge in [-0.3, -0.25) is 4.79 Å².